The topological polar surface area (TPSA) is 59.1 Å². The number of hydrogen-bond acceptors (Lipinski definition) is 4. The first-order chi connectivity index (χ1) is 14.6. The average molecular weight is 415 g/mol. The summed E-state index contributed by atoms with van der Waals surface area (Å²) in [5.41, 5.74) is 0.567. The van der Waals surface area contributed by atoms with Crippen LogP contribution in [-0.4, -0.2) is 61.5 Å². The fraction of sp³-hybridized carbons (Fsp3) is 0.667. The van der Waals surface area contributed by atoms with E-state index in [1.807, 2.05) is 4.90 Å². The van der Waals surface area contributed by atoms with Gasteiger partial charge in [0, 0.05) is 43.2 Å². The molecule has 0 aromatic heterocycles. The maximum absolute atomic E-state index is 13.3. The molecule has 0 radical (unpaired) electrons. The third-order valence-electron chi connectivity index (χ3n) is 7.26. The third-order valence-corrected chi connectivity index (χ3v) is 7.26. The van der Waals surface area contributed by atoms with E-state index in [0.717, 1.165) is 25.8 Å². The molecule has 2 heterocycles. The van der Waals surface area contributed by atoms with Gasteiger partial charge in [0.15, 0.2) is 0 Å². The minimum atomic E-state index is -0.0246. The van der Waals surface area contributed by atoms with Gasteiger partial charge in [-0.05, 0) is 56.6 Å². The third kappa shape index (κ3) is 4.28. The lowest BCUT2D eigenvalue weighted by molar-refractivity contribution is -0.143. The largest absolute Gasteiger partial charge is 0.497 e. The van der Waals surface area contributed by atoms with E-state index in [2.05, 4.69) is 4.90 Å². The number of amides is 2. The van der Waals surface area contributed by atoms with Gasteiger partial charge in [-0.25, -0.2) is 0 Å². The molecule has 0 N–H and O–H groups in total. The second-order valence-corrected chi connectivity index (χ2v) is 8.95. The zero-order chi connectivity index (χ0) is 21.1. The molecule has 1 aromatic carbocycles. The van der Waals surface area contributed by atoms with E-state index in [9.17, 15) is 9.59 Å². The highest BCUT2D eigenvalue weighted by Gasteiger charge is 2.39. The highest BCUT2D eigenvalue weighted by molar-refractivity contribution is 5.95. The summed E-state index contributed by atoms with van der Waals surface area (Å²) < 4.78 is 10.6. The van der Waals surface area contributed by atoms with Crippen LogP contribution in [0.25, 0.3) is 0 Å². The molecule has 2 amide bonds. The fourth-order valence-corrected chi connectivity index (χ4v) is 5.58. The van der Waals surface area contributed by atoms with Gasteiger partial charge in [0.1, 0.15) is 11.5 Å². The van der Waals surface area contributed by atoms with Crippen LogP contribution in [0.5, 0.6) is 11.5 Å². The maximum atomic E-state index is 13.3. The molecule has 6 heteroatoms. The van der Waals surface area contributed by atoms with Crippen LogP contribution in [0.3, 0.4) is 0 Å². The number of likely N-dealkylation sites (tertiary alicyclic amines) is 2. The van der Waals surface area contributed by atoms with E-state index in [1.54, 1.807) is 32.4 Å². The van der Waals surface area contributed by atoms with Gasteiger partial charge in [0.2, 0.25) is 5.91 Å². The van der Waals surface area contributed by atoms with E-state index < -0.39 is 0 Å². The predicted molar refractivity (Wildman–Crippen MR) is 115 cm³/mol. The number of ether oxygens (including phenoxy) is 2. The van der Waals surface area contributed by atoms with Crippen LogP contribution >= 0.6 is 0 Å². The summed E-state index contributed by atoms with van der Waals surface area (Å²) in [6.45, 7) is 2.16. The molecule has 164 valence electrons. The molecule has 2 atom stereocenters. The Kier molecular flexibility index (Phi) is 6.49. The van der Waals surface area contributed by atoms with Crippen molar-refractivity contribution in [2.75, 3.05) is 33.9 Å². The Bertz CT molecular complexity index is 748. The van der Waals surface area contributed by atoms with Crippen molar-refractivity contribution in [3.8, 4) is 11.5 Å². The normalized spacial score (nSPS) is 24.9. The number of hydrogen-bond donors (Lipinski definition) is 0. The van der Waals surface area contributed by atoms with Crippen molar-refractivity contribution in [1.82, 2.24) is 9.80 Å². The van der Waals surface area contributed by atoms with Crippen LogP contribution < -0.4 is 9.47 Å². The summed E-state index contributed by atoms with van der Waals surface area (Å²) in [6, 6.07) is 5.72. The molecular formula is C24H34N2O4. The van der Waals surface area contributed by atoms with Crippen LogP contribution in [0.15, 0.2) is 18.2 Å². The van der Waals surface area contributed by atoms with Crippen LogP contribution in [0.2, 0.25) is 0 Å². The predicted octanol–water partition coefficient (Wildman–Crippen LogP) is 3.74. The Balaban J connectivity index is 1.37. The van der Waals surface area contributed by atoms with Gasteiger partial charge in [0.05, 0.1) is 14.2 Å². The molecule has 1 aromatic rings. The number of fused-ring (bicyclic) bond motifs is 1. The highest BCUT2D eigenvalue weighted by atomic mass is 16.5. The van der Waals surface area contributed by atoms with Crippen molar-refractivity contribution in [2.24, 2.45) is 11.8 Å². The van der Waals surface area contributed by atoms with Crippen LogP contribution in [0.1, 0.15) is 61.7 Å². The Morgan fingerprint density at radius 3 is 2.13 bits per heavy atom. The number of carbonyl (C=O) groups excluding carboxylic acids is 2. The minimum Gasteiger partial charge on any atom is -0.497 e. The number of rotatable bonds is 4. The summed E-state index contributed by atoms with van der Waals surface area (Å²) >= 11 is 0. The monoisotopic (exact) mass is 414 g/mol. The summed E-state index contributed by atoms with van der Waals surface area (Å²) in [4.78, 5) is 30.4. The molecule has 6 nitrogen and oxygen atoms in total. The standard InChI is InChI=1S/C24H34N2O4/c1-29-20-14-19(15-21(16-20)30-2)23(27)25-12-9-18(10-13-25)24(28)26-11-5-7-17-6-3-4-8-22(17)26/h14-18,22H,3-13H2,1-2H3/t17-,22+/m0/s1. The Morgan fingerprint density at radius 2 is 1.47 bits per heavy atom. The zero-order valence-electron chi connectivity index (χ0n) is 18.3. The quantitative estimate of drug-likeness (QED) is 0.753. The number of carbonyl (C=O) groups is 2. The Morgan fingerprint density at radius 1 is 0.833 bits per heavy atom. The SMILES string of the molecule is COc1cc(OC)cc(C(=O)N2CCC(C(=O)N3CCC[C@@H]4CCCC[C@H]43)CC2)c1. The molecule has 1 aliphatic carbocycles. The second-order valence-electron chi connectivity index (χ2n) is 8.95. The number of benzene rings is 1. The number of nitrogens with zero attached hydrogens (tertiary/aromatic N) is 2. The molecule has 0 unspecified atom stereocenters. The summed E-state index contributed by atoms with van der Waals surface area (Å²) in [5.74, 6) is 2.28. The second kappa shape index (κ2) is 9.27. The molecule has 30 heavy (non-hydrogen) atoms. The van der Waals surface area contributed by atoms with Crippen molar-refractivity contribution in [3.63, 3.8) is 0 Å². The summed E-state index contributed by atoms with van der Waals surface area (Å²) in [7, 11) is 3.16. The van der Waals surface area contributed by atoms with Crippen molar-refractivity contribution in [2.45, 2.75) is 57.4 Å². The minimum absolute atomic E-state index is 0.0246. The van der Waals surface area contributed by atoms with Crippen molar-refractivity contribution in [3.05, 3.63) is 23.8 Å². The average Bonchev–Trinajstić information content (AvgIpc) is 2.82. The summed E-state index contributed by atoms with van der Waals surface area (Å²) in [6.07, 6.45) is 8.95. The van der Waals surface area contributed by atoms with E-state index >= 15 is 0 Å². The van der Waals surface area contributed by atoms with E-state index in [0.29, 0.717) is 48.0 Å². The maximum Gasteiger partial charge on any atom is 0.254 e. The smallest absolute Gasteiger partial charge is 0.254 e. The van der Waals surface area contributed by atoms with Crippen molar-refractivity contribution in [1.29, 1.82) is 0 Å². The number of methoxy groups -OCH3 is 2. The van der Waals surface area contributed by atoms with E-state index in [1.165, 1.54) is 32.1 Å². The molecule has 1 saturated carbocycles. The van der Waals surface area contributed by atoms with Crippen LogP contribution in [-0.2, 0) is 4.79 Å². The molecular weight excluding hydrogens is 380 g/mol. The molecule has 0 bridgehead atoms. The lowest BCUT2D eigenvalue weighted by Gasteiger charge is -2.46. The van der Waals surface area contributed by atoms with Gasteiger partial charge in [0.25, 0.3) is 5.91 Å². The first-order valence-corrected chi connectivity index (χ1v) is 11.4. The van der Waals surface area contributed by atoms with E-state index in [4.69, 9.17) is 9.47 Å². The first kappa shape index (κ1) is 21.0. The molecule has 0 spiro atoms. The lowest BCUT2D eigenvalue weighted by Crippen LogP contribution is -2.53. The van der Waals surface area contributed by atoms with Crippen LogP contribution in [0, 0.1) is 11.8 Å². The van der Waals surface area contributed by atoms with Gasteiger partial charge >= 0.3 is 0 Å². The Labute approximate surface area is 179 Å². The van der Waals surface area contributed by atoms with Gasteiger partial charge < -0.3 is 19.3 Å². The highest BCUT2D eigenvalue weighted by Crippen LogP contribution is 2.37. The zero-order valence-corrected chi connectivity index (χ0v) is 18.3. The molecule has 4 rings (SSSR count). The van der Waals surface area contributed by atoms with Gasteiger partial charge in [-0.3, -0.25) is 9.59 Å². The summed E-state index contributed by atoms with van der Waals surface area (Å²) in [5, 5.41) is 0. The molecule has 3 aliphatic rings. The number of piperidine rings is 2. The molecule has 2 aliphatic heterocycles. The van der Waals surface area contributed by atoms with Crippen LogP contribution in [0.4, 0.5) is 0 Å². The van der Waals surface area contributed by atoms with Crippen molar-refractivity contribution >= 4 is 11.8 Å². The fourth-order valence-electron chi connectivity index (χ4n) is 5.58. The molecule has 3 fully saturated rings. The van der Waals surface area contributed by atoms with Gasteiger partial charge in [-0.15, -0.1) is 0 Å². The van der Waals surface area contributed by atoms with Gasteiger partial charge in [-0.2, -0.15) is 0 Å². The Hall–Kier alpha value is -2.24. The lowest BCUT2D eigenvalue weighted by atomic mass is 9.77. The van der Waals surface area contributed by atoms with Crippen molar-refractivity contribution < 1.29 is 19.1 Å². The van der Waals surface area contributed by atoms with Gasteiger partial charge in [-0.1, -0.05) is 12.8 Å². The first-order valence-electron chi connectivity index (χ1n) is 11.4. The molecule has 2 saturated heterocycles. The van der Waals surface area contributed by atoms with E-state index in [-0.39, 0.29) is 11.8 Å².